The van der Waals surface area contributed by atoms with E-state index in [2.05, 4.69) is 14.8 Å². The summed E-state index contributed by atoms with van der Waals surface area (Å²) in [6.07, 6.45) is 0.648. The lowest BCUT2D eigenvalue weighted by atomic mass is 10.3. The highest BCUT2D eigenvalue weighted by molar-refractivity contribution is 5.88. The lowest BCUT2D eigenvalue weighted by Gasteiger charge is -2.01. The van der Waals surface area contributed by atoms with Gasteiger partial charge in [0.15, 0.2) is 0 Å². The minimum Gasteiger partial charge on any atom is -0.466 e. The number of methoxy groups -OCH3 is 1. The van der Waals surface area contributed by atoms with Crippen LogP contribution in [0.3, 0.4) is 0 Å². The summed E-state index contributed by atoms with van der Waals surface area (Å²) in [6, 6.07) is 0. The number of rotatable bonds is 3. The molecule has 1 amide bonds. The quantitative estimate of drug-likeness (QED) is 0.524. The van der Waals surface area contributed by atoms with Crippen LogP contribution in [-0.2, 0) is 14.3 Å². The van der Waals surface area contributed by atoms with Gasteiger partial charge in [-0.2, -0.15) is 0 Å². The van der Waals surface area contributed by atoms with E-state index in [4.69, 9.17) is 0 Å². The SMILES string of the molecule is CCOC(=O)NC=C(C)C(=O)OC. The van der Waals surface area contributed by atoms with Crippen LogP contribution in [0.4, 0.5) is 4.79 Å². The standard InChI is InChI=1S/C8H13NO4/c1-4-13-8(11)9-5-6(2)7(10)12-3/h5H,4H2,1-3H3,(H,9,11). The first kappa shape index (κ1) is 11.5. The molecule has 0 saturated carbocycles. The van der Waals surface area contributed by atoms with Crippen LogP contribution in [0.25, 0.3) is 0 Å². The van der Waals surface area contributed by atoms with Crippen molar-refractivity contribution >= 4 is 12.1 Å². The molecular weight excluding hydrogens is 174 g/mol. The van der Waals surface area contributed by atoms with Crippen molar-refractivity contribution in [3.05, 3.63) is 11.8 Å². The number of esters is 1. The summed E-state index contributed by atoms with van der Waals surface area (Å²) < 4.78 is 8.96. The molecule has 0 radical (unpaired) electrons. The molecule has 74 valence electrons. The summed E-state index contributed by atoms with van der Waals surface area (Å²) in [5.41, 5.74) is 0.301. The van der Waals surface area contributed by atoms with E-state index in [9.17, 15) is 9.59 Å². The number of hydrogen-bond donors (Lipinski definition) is 1. The topological polar surface area (TPSA) is 64.6 Å². The molecule has 0 aliphatic carbocycles. The maximum Gasteiger partial charge on any atom is 0.411 e. The Kier molecular flexibility index (Phi) is 5.34. The van der Waals surface area contributed by atoms with E-state index in [1.165, 1.54) is 20.2 Å². The Hall–Kier alpha value is -1.52. The minimum atomic E-state index is -0.592. The highest BCUT2D eigenvalue weighted by atomic mass is 16.5. The molecule has 0 aromatic rings. The van der Waals surface area contributed by atoms with E-state index in [-0.39, 0.29) is 6.61 Å². The van der Waals surface area contributed by atoms with Gasteiger partial charge in [-0.05, 0) is 13.8 Å². The second kappa shape index (κ2) is 6.05. The zero-order chi connectivity index (χ0) is 10.3. The number of hydrogen-bond acceptors (Lipinski definition) is 4. The normalized spacial score (nSPS) is 10.5. The van der Waals surface area contributed by atoms with Gasteiger partial charge in [0, 0.05) is 6.20 Å². The summed E-state index contributed by atoms with van der Waals surface area (Å²) in [6.45, 7) is 3.51. The van der Waals surface area contributed by atoms with Crippen molar-refractivity contribution in [1.82, 2.24) is 5.32 Å². The molecule has 0 aliphatic heterocycles. The third kappa shape index (κ3) is 4.84. The fraction of sp³-hybridized carbons (Fsp3) is 0.500. The van der Waals surface area contributed by atoms with Crippen molar-refractivity contribution in [1.29, 1.82) is 0 Å². The van der Waals surface area contributed by atoms with E-state index >= 15 is 0 Å². The molecule has 1 N–H and O–H groups in total. The van der Waals surface area contributed by atoms with Crippen LogP contribution in [0.5, 0.6) is 0 Å². The fourth-order valence-corrected chi connectivity index (χ4v) is 0.560. The molecule has 0 heterocycles. The maximum absolute atomic E-state index is 10.8. The molecule has 5 heteroatoms. The summed E-state index contributed by atoms with van der Waals surface area (Å²) >= 11 is 0. The van der Waals surface area contributed by atoms with Gasteiger partial charge < -0.3 is 9.47 Å². The smallest absolute Gasteiger partial charge is 0.411 e. The Balaban J connectivity index is 3.96. The van der Waals surface area contributed by atoms with Gasteiger partial charge in [-0.1, -0.05) is 0 Å². The van der Waals surface area contributed by atoms with Crippen molar-refractivity contribution in [2.24, 2.45) is 0 Å². The molecule has 0 fully saturated rings. The monoisotopic (exact) mass is 187 g/mol. The van der Waals surface area contributed by atoms with Gasteiger partial charge in [-0.15, -0.1) is 0 Å². The largest absolute Gasteiger partial charge is 0.466 e. The third-order valence-corrected chi connectivity index (χ3v) is 1.19. The number of carbonyl (C=O) groups is 2. The Bertz CT molecular complexity index is 222. The van der Waals surface area contributed by atoms with Gasteiger partial charge in [-0.25, -0.2) is 9.59 Å². The Labute approximate surface area is 76.7 Å². The summed E-state index contributed by atoms with van der Waals surface area (Å²) in [7, 11) is 1.27. The second-order valence-electron chi connectivity index (χ2n) is 2.18. The minimum absolute atomic E-state index is 0.289. The van der Waals surface area contributed by atoms with Gasteiger partial charge in [-0.3, -0.25) is 5.32 Å². The van der Waals surface area contributed by atoms with E-state index in [0.29, 0.717) is 5.57 Å². The van der Waals surface area contributed by atoms with Gasteiger partial charge >= 0.3 is 12.1 Å². The van der Waals surface area contributed by atoms with Crippen LogP contribution >= 0.6 is 0 Å². The van der Waals surface area contributed by atoms with Crippen LogP contribution in [0, 0.1) is 0 Å². The summed E-state index contributed by atoms with van der Waals surface area (Å²) in [5, 5.41) is 2.27. The Morgan fingerprint density at radius 2 is 2.08 bits per heavy atom. The lowest BCUT2D eigenvalue weighted by molar-refractivity contribution is -0.136. The summed E-state index contributed by atoms with van der Waals surface area (Å²) in [4.78, 5) is 21.5. The van der Waals surface area contributed by atoms with Gasteiger partial charge in [0.25, 0.3) is 0 Å². The highest BCUT2D eigenvalue weighted by Crippen LogP contribution is 1.92. The van der Waals surface area contributed by atoms with Crippen LogP contribution in [-0.4, -0.2) is 25.8 Å². The Morgan fingerprint density at radius 3 is 2.54 bits per heavy atom. The third-order valence-electron chi connectivity index (χ3n) is 1.19. The molecular formula is C8H13NO4. The molecule has 0 aliphatic rings. The van der Waals surface area contributed by atoms with E-state index in [1.54, 1.807) is 6.92 Å². The number of carbonyl (C=O) groups excluding carboxylic acids is 2. The molecule has 5 nitrogen and oxygen atoms in total. The maximum atomic E-state index is 10.8. The molecule has 0 aromatic heterocycles. The second-order valence-corrected chi connectivity index (χ2v) is 2.18. The van der Waals surface area contributed by atoms with E-state index in [0.717, 1.165) is 0 Å². The van der Waals surface area contributed by atoms with Gasteiger partial charge in [0.05, 0.1) is 19.3 Å². The van der Waals surface area contributed by atoms with Gasteiger partial charge in [0.2, 0.25) is 0 Å². The van der Waals surface area contributed by atoms with Crippen molar-refractivity contribution in [3.8, 4) is 0 Å². The van der Waals surface area contributed by atoms with E-state index < -0.39 is 12.1 Å². The first-order chi connectivity index (χ1) is 6.11. The first-order valence-electron chi connectivity index (χ1n) is 3.80. The van der Waals surface area contributed by atoms with Crippen molar-refractivity contribution in [3.63, 3.8) is 0 Å². The molecule has 0 atom stereocenters. The zero-order valence-corrected chi connectivity index (χ0v) is 7.92. The molecule has 0 aromatic carbocycles. The first-order valence-corrected chi connectivity index (χ1v) is 3.80. The average molecular weight is 187 g/mol. The predicted octanol–water partition coefficient (Wildman–Crippen LogP) is 0.809. The molecule has 0 spiro atoms. The Morgan fingerprint density at radius 1 is 1.46 bits per heavy atom. The van der Waals surface area contributed by atoms with Crippen LogP contribution in [0.1, 0.15) is 13.8 Å². The van der Waals surface area contributed by atoms with Crippen LogP contribution < -0.4 is 5.32 Å². The molecule has 0 rings (SSSR count). The number of alkyl carbamates (subject to hydrolysis) is 1. The number of nitrogens with one attached hydrogen (secondary N) is 1. The fourth-order valence-electron chi connectivity index (χ4n) is 0.560. The number of ether oxygens (including phenoxy) is 2. The molecule has 0 bridgehead atoms. The van der Waals surface area contributed by atoms with Crippen molar-refractivity contribution in [2.75, 3.05) is 13.7 Å². The van der Waals surface area contributed by atoms with Crippen LogP contribution in [0.15, 0.2) is 11.8 Å². The zero-order valence-electron chi connectivity index (χ0n) is 7.92. The predicted molar refractivity (Wildman–Crippen MR) is 45.9 cm³/mol. The molecule has 0 saturated heterocycles. The lowest BCUT2D eigenvalue weighted by Crippen LogP contribution is -2.20. The summed E-state index contributed by atoms with van der Waals surface area (Å²) in [5.74, 6) is -0.489. The van der Waals surface area contributed by atoms with E-state index in [1.807, 2.05) is 0 Å². The van der Waals surface area contributed by atoms with Gasteiger partial charge in [0.1, 0.15) is 0 Å². The molecule has 13 heavy (non-hydrogen) atoms. The average Bonchev–Trinajstić information content (AvgIpc) is 2.13. The van der Waals surface area contributed by atoms with Crippen molar-refractivity contribution in [2.45, 2.75) is 13.8 Å². The van der Waals surface area contributed by atoms with Crippen molar-refractivity contribution < 1.29 is 19.1 Å². The molecule has 0 unspecified atom stereocenters. The highest BCUT2D eigenvalue weighted by Gasteiger charge is 2.03. The van der Waals surface area contributed by atoms with Crippen LogP contribution in [0.2, 0.25) is 0 Å². The number of amides is 1.